The highest BCUT2D eigenvalue weighted by molar-refractivity contribution is 5.94. The smallest absolute Gasteiger partial charge is 0.248 e. The van der Waals surface area contributed by atoms with Crippen LogP contribution in [0.15, 0.2) is 30.6 Å². The molecule has 0 aliphatic rings. The lowest BCUT2D eigenvalue weighted by Crippen LogP contribution is -2.10. The van der Waals surface area contributed by atoms with Gasteiger partial charge < -0.3 is 11.1 Å². The topological polar surface area (TPSA) is 110 Å². The maximum atomic E-state index is 11.2. The van der Waals surface area contributed by atoms with Crippen LogP contribution in [-0.2, 0) is 0 Å². The van der Waals surface area contributed by atoms with Gasteiger partial charge in [0.05, 0.1) is 5.69 Å². The molecule has 0 spiro atoms. The summed E-state index contributed by atoms with van der Waals surface area (Å²) >= 11 is 0. The number of benzene rings is 1. The highest BCUT2D eigenvalue weighted by atomic mass is 16.1. The van der Waals surface area contributed by atoms with E-state index in [1.54, 1.807) is 18.2 Å². The number of nitrogens with one attached hydrogen (secondary N) is 2. The number of fused-ring (bicyclic) bond motifs is 1. The highest BCUT2D eigenvalue weighted by Gasteiger charge is 2.10. The maximum Gasteiger partial charge on any atom is 0.248 e. The quantitative estimate of drug-likeness (QED) is 0.667. The molecule has 100 valence electrons. The van der Waals surface area contributed by atoms with Crippen molar-refractivity contribution < 1.29 is 4.79 Å². The van der Waals surface area contributed by atoms with Crippen molar-refractivity contribution in [3.8, 4) is 0 Å². The van der Waals surface area contributed by atoms with E-state index in [1.165, 1.54) is 6.33 Å². The van der Waals surface area contributed by atoms with Gasteiger partial charge in [-0.05, 0) is 25.1 Å². The fourth-order valence-electron chi connectivity index (χ4n) is 1.93. The van der Waals surface area contributed by atoms with Crippen molar-refractivity contribution in [2.45, 2.75) is 6.92 Å². The molecule has 4 N–H and O–H groups in total. The number of primary amides is 1. The van der Waals surface area contributed by atoms with Crippen molar-refractivity contribution in [3.05, 3.63) is 41.9 Å². The van der Waals surface area contributed by atoms with E-state index in [4.69, 9.17) is 5.73 Å². The Labute approximate surface area is 114 Å². The first-order chi connectivity index (χ1) is 9.65. The van der Waals surface area contributed by atoms with E-state index in [0.29, 0.717) is 22.6 Å². The normalized spacial score (nSPS) is 10.7. The van der Waals surface area contributed by atoms with Gasteiger partial charge in [-0.15, -0.1) is 0 Å². The summed E-state index contributed by atoms with van der Waals surface area (Å²) in [5, 5.41) is 10.1. The second-order valence-corrected chi connectivity index (χ2v) is 4.34. The van der Waals surface area contributed by atoms with E-state index >= 15 is 0 Å². The van der Waals surface area contributed by atoms with Crippen molar-refractivity contribution in [3.63, 3.8) is 0 Å². The molecular formula is C13H12N6O. The third kappa shape index (κ3) is 2.05. The van der Waals surface area contributed by atoms with Gasteiger partial charge in [0.15, 0.2) is 11.3 Å². The number of H-pyrrole nitrogens is 1. The van der Waals surface area contributed by atoms with Gasteiger partial charge in [-0.1, -0.05) is 6.07 Å². The molecule has 20 heavy (non-hydrogen) atoms. The Balaban J connectivity index is 2.01. The van der Waals surface area contributed by atoms with Gasteiger partial charge in [0.2, 0.25) is 5.91 Å². The van der Waals surface area contributed by atoms with Gasteiger partial charge in [-0.3, -0.25) is 9.89 Å². The summed E-state index contributed by atoms with van der Waals surface area (Å²) in [6.45, 7) is 1.89. The minimum atomic E-state index is -0.475. The van der Waals surface area contributed by atoms with Crippen LogP contribution in [0, 0.1) is 6.92 Å². The molecular weight excluding hydrogens is 256 g/mol. The number of aromatic amines is 1. The van der Waals surface area contributed by atoms with E-state index in [-0.39, 0.29) is 0 Å². The summed E-state index contributed by atoms with van der Waals surface area (Å²) in [7, 11) is 0. The number of hydrogen-bond donors (Lipinski definition) is 3. The number of nitrogens with zero attached hydrogens (tertiary/aromatic N) is 3. The zero-order chi connectivity index (χ0) is 14.1. The second kappa shape index (κ2) is 4.61. The van der Waals surface area contributed by atoms with Crippen molar-refractivity contribution in [1.82, 2.24) is 20.2 Å². The first kappa shape index (κ1) is 12.1. The van der Waals surface area contributed by atoms with Crippen molar-refractivity contribution in [1.29, 1.82) is 0 Å². The van der Waals surface area contributed by atoms with Gasteiger partial charge >= 0.3 is 0 Å². The fraction of sp³-hybridized carbons (Fsp3) is 0.0769. The molecule has 3 aromatic rings. The molecule has 2 aromatic heterocycles. The number of aromatic nitrogens is 4. The molecule has 7 nitrogen and oxygen atoms in total. The Morgan fingerprint density at radius 2 is 2.15 bits per heavy atom. The molecule has 0 aliphatic heterocycles. The lowest BCUT2D eigenvalue weighted by atomic mass is 10.2. The SMILES string of the molecule is Cc1[nH]nc2c(Nc3cccc(C(N)=O)c3)ncnc12. The summed E-state index contributed by atoms with van der Waals surface area (Å²) < 4.78 is 0. The predicted molar refractivity (Wildman–Crippen MR) is 74.7 cm³/mol. The molecule has 0 aliphatic carbocycles. The minimum absolute atomic E-state index is 0.429. The van der Waals surface area contributed by atoms with Gasteiger partial charge in [0.25, 0.3) is 0 Å². The lowest BCUT2D eigenvalue weighted by molar-refractivity contribution is 0.100. The number of rotatable bonds is 3. The molecule has 1 aromatic carbocycles. The first-order valence-electron chi connectivity index (χ1n) is 5.97. The zero-order valence-corrected chi connectivity index (χ0v) is 10.7. The Hall–Kier alpha value is -2.96. The number of carbonyl (C=O) groups is 1. The van der Waals surface area contributed by atoms with E-state index in [9.17, 15) is 4.79 Å². The number of anilines is 2. The van der Waals surface area contributed by atoms with Crippen LogP contribution in [0.2, 0.25) is 0 Å². The summed E-state index contributed by atoms with van der Waals surface area (Å²) in [6, 6.07) is 6.88. The number of amides is 1. The lowest BCUT2D eigenvalue weighted by Gasteiger charge is -2.06. The molecule has 0 radical (unpaired) electrons. The van der Waals surface area contributed by atoms with Crippen molar-refractivity contribution >= 4 is 28.4 Å². The largest absolute Gasteiger partial charge is 0.366 e. The molecule has 0 bridgehead atoms. The maximum absolute atomic E-state index is 11.2. The van der Waals surface area contributed by atoms with E-state index in [1.807, 2.05) is 13.0 Å². The summed E-state index contributed by atoms with van der Waals surface area (Å²) in [4.78, 5) is 19.5. The Morgan fingerprint density at radius 1 is 1.30 bits per heavy atom. The number of aryl methyl sites for hydroxylation is 1. The molecule has 3 rings (SSSR count). The summed E-state index contributed by atoms with van der Waals surface area (Å²) in [6.07, 6.45) is 1.46. The van der Waals surface area contributed by atoms with Crippen LogP contribution < -0.4 is 11.1 Å². The monoisotopic (exact) mass is 268 g/mol. The molecule has 7 heteroatoms. The Morgan fingerprint density at radius 3 is 2.95 bits per heavy atom. The second-order valence-electron chi connectivity index (χ2n) is 4.34. The van der Waals surface area contributed by atoms with Crippen LogP contribution in [-0.4, -0.2) is 26.1 Å². The Kier molecular flexibility index (Phi) is 2.79. The predicted octanol–water partition coefficient (Wildman–Crippen LogP) is 1.50. The summed E-state index contributed by atoms with van der Waals surface area (Å²) in [5.74, 6) is 0.0954. The molecule has 0 unspecified atom stereocenters. The number of nitrogens with two attached hydrogens (primary N) is 1. The highest BCUT2D eigenvalue weighted by Crippen LogP contribution is 2.22. The van der Waals surface area contributed by atoms with Crippen LogP contribution in [0.3, 0.4) is 0 Å². The van der Waals surface area contributed by atoms with Gasteiger partial charge in [-0.2, -0.15) is 5.10 Å². The standard InChI is InChI=1S/C13H12N6O/c1-7-10-11(19-18-7)13(16-6-15-10)17-9-4-2-3-8(5-9)12(14)20/h2-6H,1H3,(H2,14,20)(H,18,19)(H,15,16,17). The third-order valence-corrected chi connectivity index (χ3v) is 2.92. The fourth-order valence-corrected chi connectivity index (χ4v) is 1.93. The van der Waals surface area contributed by atoms with Gasteiger partial charge in [0, 0.05) is 11.3 Å². The van der Waals surface area contributed by atoms with Crippen molar-refractivity contribution in [2.24, 2.45) is 5.73 Å². The molecule has 1 amide bonds. The average molecular weight is 268 g/mol. The first-order valence-corrected chi connectivity index (χ1v) is 5.97. The summed E-state index contributed by atoms with van der Waals surface area (Å²) in [5.41, 5.74) is 8.68. The van der Waals surface area contributed by atoms with E-state index in [2.05, 4.69) is 25.5 Å². The number of carbonyl (C=O) groups excluding carboxylic acids is 1. The van der Waals surface area contributed by atoms with Crippen LogP contribution in [0.25, 0.3) is 11.0 Å². The third-order valence-electron chi connectivity index (χ3n) is 2.92. The zero-order valence-electron chi connectivity index (χ0n) is 10.7. The number of hydrogen-bond acceptors (Lipinski definition) is 5. The van der Waals surface area contributed by atoms with Gasteiger partial charge in [-0.25, -0.2) is 9.97 Å². The molecule has 0 saturated heterocycles. The van der Waals surface area contributed by atoms with Crippen LogP contribution in [0.5, 0.6) is 0 Å². The van der Waals surface area contributed by atoms with Crippen LogP contribution in [0.1, 0.15) is 16.1 Å². The average Bonchev–Trinajstić information content (AvgIpc) is 2.82. The van der Waals surface area contributed by atoms with E-state index in [0.717, 1.165) is 11.2 Å². The molecule has 0 atom stereocenters. The minimum Gasteiger partial charge on any atom is -0.366 e. The van der Waals surface area contributed by atoms with Crippen molar-refractivity contribution in [2.75, 3.05) is 5.32 Å². The molecule has 2 heterocycles. The van der Waals surface area contributed by atoms with E-state index < -0.39 is 5.91 Å². The molecule has 0 saturated carbocycles. The van der Waals surface area contributed by atoms with Gasteiger partial charge in [0.1, 0.15) is 11.8 Å². The van der Waals surface area contributed by atoms with Crippen LogP contribution in [0.4, 0.5) is 11.5 Å². The Bertz CT molecular complexity index is 794. The molecule has 0 fully saturated rings. The van der Waals surface area contributed by atoms with Crippen LogP contribution >= 0.6 is 0 Å².